The Kier molecular flexibility index (Phi) is 7.98. The van der Waals surface area contributed by atoms with Crippen molar-refractivity contribution in [2.75, 3.05) is 31.6 Å². The minimum absolute atomic E-state index is 0.0387. The smallest absolute Gasteiger partial charge is 0.223 e. The molecule has 4 rings (SSSR count). The number of hydrazone groups is 1. The molecule has 0 bridgehead atoms. The van der Waals surface area contributed by atoms with E-state index in [1.54, 1.807) is 6.20 Å². The van der Waals surface area contributed by atoms with E-state index in [1.807, 2.05) is 24.3 Å². The Morgan fingerprint density at radius 2 is 2.08 bits per heavy atom. The Bertz CT molecular complexity index is 1400. The van der Waals surface area contributed by atoms with Crippen LogP contribution in [0.25, 0.3) is 31.8 Å². The number of hydrogen-bond donors (Lipinski definition) is 3. The molecule has 4 aromatic rings. The highest BCUT2D eigenvalue weighted by atomic mass is 32.1. The Morgan fingerprint density at radius 1 is 1.22 bits per heavy atom. The summed E-state index contributed by atoms with van der Waals surface area (Å²) in [5.41, 5.74) is 6.68. The average Bonchev–Trinajstić information content (AvgIpc) is 3.32. The summed E-state index contributed by atoms with van der Waals surface area (Å²) in [6.07, 6.45) is 5.30. The number of aliphatic hydroxyl groups excluding tert-OH is 1. The van der Waals surface area contributed by atoms with Gasteiger partial charge in [-0.3, -0.25) is 5.01 Å². The number of anilines is 1. The Labute approximate surface area is 209 Å². The van der Waals surface area contributed by atoms with E-state index in [9.17, 15) is 8.78 Å². The third-order valence-electron chi connectivity index (χ3n) is 5.06. The van der Waals surface area contributed by atoms with Gasteiger partial charge in [0.15, 0.2) is 5.82 Å². The number of nitrogens with one attached hydrogen (secondary N) is 1. The molecule has 0 saturated carbocycles. The zero-order valence-electron chi connectivity index (χ0n) is 19.1. The first-order valence-corrected chi connectivity index (χ1v) is 11.7. The molecule has 0 aliphatic rings. The number of pyridine rings is 1. The number of aliphatic hydroxyl groups is 1. The van der Waals surface area contributed by atoms with Crippen molar-refractivity contribution in [1.82, 2.24) is 20.0 Å². The van der Waals surface area contributed by atoms with Gasteiger partial charge >= 0.3 is 0 Å². The van der Waals surface area contributed by atoms with E-state index < -0.39 is 11.8 Å². The second kappa shape index (κ2) is 11.5. The molecule has 36 heavy (non-hydrogen) atoms. The average molecular weight is 512 g/mol. The topological polar surface area (TPSA) is 122 Å². The van der Waals surface area contributed by atoms with Crippen molar-refractivity contribution in [3.8, 4) is 27.4 Å². The van der Waals surface area contributed by atoms with Crippen molar-refractivity contribution in [3.63, 3.8) is 0 Å². The van der Waals surface area contributed by atoms with Crippen LogP contribution in [0, 0.1) is 11.8 Å². The number of fused-ring (bicyclic) bond motifs is 1. The zero-order valence-corrected chi connectivity index (χ0v) is 19.9. The lowest BCUT2D eigenvalue weighted by Crippen LogP contribution is -2.20. The maximum atomic E-state index is 14.8. The predicted molar refractivity (Wildman–Crippen MR) is 137 cm³/mol. The molecule has 3 aromatic heterocycles. The number of aromatic nitrogens is 3. The first kappa shape index (κ1) is 24.9. The van der Waals surface area contributed by atoms with Crippen LogP contribution >= 0.6 is 11.3 Å². The molecule has 0 saturated heterocycles. The van der Waals surface area contributed by atoms with Crippen LogP contribution in [0.4, 0.5) is 14.7 Å². The summed E-state index contributed by atoms with van der Waals surface area (Å²) in [6, 6.07) is 8.61. The van der Waals surface area contributed by atoms with Gasteiger partial charge in [-0.25, -0.2) is 19.3 Å². The number of rotatable bonds is 11. The standard InChI is InChI=1S/C24H23F2N7O2S/c1-28-33(7-5-27)8-6-29-24-31-13-18(25)22(32-24)20-11-15-3-2-4-16(23(15)36-20)17-12-21(26)30-14-19(17)35-10-9-34/h2-5,7,11-14,34H,1,6,8-10,27H2,(H,29,31,32)/b7-5-. The summed E-state index contributed by atoms with van der Waals surface area (Å²) in [6.45, 7) is 4.17. The number of halogens is 2. The fourth-order valence-electron chi connectivity index (χ4n) is 3.49. The van der Waals surface area contributed by atoms with Crippen LogP contribution in [0.3, 0.4) is 0 Å². The molecule has 9 nitrogen and oxygen atoms in total. The lowest BCUT2D eigenvalue weighted by molar-refractivity contribution is 0.201. The number of thiophene rings is 1. The van der Waals surface area contributed by atoms with E-state index in [2.05, 4.69) is 32.1 Å². The highest BCUT2D eigenvalue weighted by molar-refractivity contribution is 7.22. The van der Waals surface area contributed by atoms with E-state index in [0.29, 0.717) is 34.8 Å². The zero-order chi connectivity index (χ0) is 25.5. The van der Waals surface area contributed by atoms with Crippen LogP contribution in [0.15, 0.2) is 60.2 Å². The molecule has 1 aromatic carbocycles. The van der Waals surface area contributed by atoms with Crippen LogP contribution in [0.2, 0.25) is 0 Å². The largest absolute Gasteiger partial charge is 0.489 e. The molecular weight excluding hydrogens is 488 g/mol. The molecule has 186 valence electrons. The van der Waals surface area contributed by atoms with Crippen LogP contribution in [-0.4, -0.2) is 58.1 Å². The molecule has 0 aliphatic carbocycles. The summed E-state index contributed by atoms with van der Waals surface area (Å²) in [5, 5.41) is 18.3. The quantitative estimate of drug-likeness (QED) is 0.158. The molecule has 0 radical (unpaired) electrons. The SMILES string of the molecule is C=NN(/C=C\N)CCNc1ncc(F)c(-c2cc3cccc(-c4cc(F)ncc4OCCO)c3s2)n1. The summed E-state index contributed by atoms with van der Waals surface area (Å²) in [4.78, 5) is 12.6. The van der Waals surface area contributed by atoms with E-state index >= 15 is 0 Å². The molecule has 4 N–H and O–H groups in total. The minimum atomic E-state index is -0.667. The molecule has 3 heterocycles. The fraction of sp³-hybridized carbons (Fsp3) is 0.167. The number of benzene rings is 1. The molecule has 12 heteroatoms. The van der Waals surface area contributed by atoms with Crippen molar-refractivity contribution in [2.45, 2.75) is 0 Å². The Hall–Kier alpha value is -4.16. The lowest BCUT2D eigenvalue weighted by Gasteiger charge is -2.13. The van der Waals surface area contributed by atoms with Crippen LogP contribution in [-0.2, 0) is 0 Å². The normalized spacial score (nSPS) is 11.2. The molecule has 0 amide bonds. The first-order valence-electron chi connectivity index (χ1n) is 10.8. The van der Waals surface area contributed by atoms with Crippen molar-refractivity contribution < 1.29 is 18.6 Å². The number of ether oxygens (including phenoxy) is 1. The van der Waals surface area contributed by atoms with Crippen molar-refractivity contribution in [1.29, 1.82) is 0 Å². The van der Waals surface area contributed by atoms with Gasteiger partial charge in [0.2, 0.25) is 11.9 Å². The van der Waals surface area contributed by atoms with Gasteiger partial charge in [0, 0.05) is 47.6 Å². The second-order valence-corrected chi connectivity index (χ2v) is 8.42. The summed E-state index contributed by atoms with van der Waals surface area (Å²) in [5.74, 6) is -0.656. The maximum absolute atomic E-state index is 14.8. The van der Waals surface area contributed by atoms with Gasteiger partial charge in [-0.1, -0.05) is 18.2 Å². The van der Waals surface area contributed by atoms with Gasteiger partial charge in [-0.05, 0) is 11.5 Å². The highest BCUT2D eigenvalue weighted by Crippen LogP contribution is 2.42. The molecular formula is C24H23F2N7O2S. The molecule has 0 aliphatic heterocycles. The van der Waals surface area contributed by atoms with E-state index in [0.717, 1.165) is 16.3 Å². The molecule has 0 unspecified atom stereocenters. The summed E-state index contributed by atoms with van der Waals surface area (Å²) >= 11 is 1.31. The minimum Gasteiger partial charge on any atom is -0.489 e. The van der Waals surface area contributed by atoms with Crippen molar-refractivity contribution >= 4 is 34.1 Å². The van der Waals surface area contributed by atoms with Gasteiger partial charge in [0.25, 0.3) is 0 Å². The second-order valence-electron chi connectivity index (χ2n) is 7.37. The molecule has 0 spiro atoms. The van der Waals surface area contributed by atoms with Gasteiger partial charge < -0.3 is 20.9 Å². The van der Waals surface area contributed by atoms with Gasteiger partial charge in [-0.15, -0.1) is 11.3 Å². The predicted octanol–water partition coefficient (Wildman–Crippen LogP) is 3.83. The highest BCUT2D eigenvalue weighted by Gasteiger charge is 2.17. The van der Waals surface area contributed by atoms with Crippen LogP contribution < -0.4 is 15.8 Å². The van der Waals surface area contributed by atoms with E-state index in [1.165, 1.54) is 34.8 Å². The van der Waals surface area contributed by atoms with Gasteiger partial charge in [0.05, 0.1) is 30.4 Å². The molecule has 0 fully saturated rings. The van der Waals surface area contributed by atoms with Crippen LogP contribution in [0.1, 0.15) is 0 Å². The fourth-order valence-corrected chi connectivity index (χ4v) is 4.67. The van der Waals surface area contributed by atoms with Crippen LogP contribution in [0.5, 0.6) is 5.75 Å². The third kappa shape index (κ3) is 5.56. The van der Waals surface area contributed by atoms with E-state index in [4.69, 9.17) is 15.6 Å². The summed E-state index contributed by atoms with van der Waals surface area (Å²) < 4.78 is 35.2. The van der Waals surface area contributed by atoms with Gasteiger partial charge in [-0.2, -0.15) is 9.49 Å². The number of hydrogen-bond acceptors (Lipinski definition) is 10. The first-order chi connectivity index (χ1) is 17.5. The van der Waals surface area contributed by atoms with Gasteiger partial charge in [0.1, 0.15) is 18.1 Å². The van der Waals surface area contributed by atoms with E-state index in [-0.39, 0.29) is 24.9 Å². The van der Waals surface area contributed by atoms with Crippen molar-refractivity contribution in [3.05, 3.63) is 66.9 Å². The number of nitrogens with two attached hydrogens (primary N) is 1. The van der Waals surface area contributed by atoms with Crippen molar-refractivity contribution in [2.24, 2.45) is 10.8 Å². The Morgan fingerprint density at radius 3 is 2.86 bits per heavy atom. The monoisotopic (exact) mass is 511 g/mol. The Balaban J connectivity index is 1.67. The summed E-state index contributed by atoms with van der Waals surface area (Å²) in [7, 11) is 0. The third-order valence-corrected chi connectivity index (χ3v) is 6.25. The molecule has 0 atom stereocenters. The maximum Gasteiger partial charge on any atom is 0.223 e. The number of nitrogens with zero attached hydrogens (tertiary/aromatic N) is 5. The lowest BCUT2D eigenvalue weighted by atomic mass is 10.0.